The van der Waals surface area contributed by atoms with Gasteiger partial charge in [0, 0.05) is 11.9 Å². The molecule has 124 valence electrons. The van der Waals surface area contributed by atoms with E-state index < -0.39 is 0 Å². The summed E-state index contributed by atoms with van der Waals surface area (Å²) >= 11 is 0. The number of nitrogens with one attached hydrogen (secondary N) is 1. The number of methoxy groups -OCH3 is 1. The smallest absolute Gasteiger partial charge is 0.271 e. The van der Waals surface area contributed by atoms with Crippen molar-refractivity contribution in [1.82, 2.24) is 34.8 Å². The predicted molar refractivity (Wildman–Crippen MR) is 90.6 cm³/mol. The van der Waals surface area contributed by atoms with Crippen LogP contribution in [0.15, 0.2) is 42.9 Å². The maximum atomic E-state index is 5.15. The van der Waals surface area contributed by atoms with Crippen LogP contribution in [0, 0.1) is 6.92 Å². The number of nitrogens with zero attached hydrogens (tertiary/aromatic N) is 7. The number of rotatable bonds is 4. The van der Waals surface area contributed by atoms with Crippen molar-refractivity contribution in [3.63, 3.8) is 0 Å². The van der Waals surface area contributed by atoms with Crippen molar-refractivity contribution in [1.29, 1.82) is 0 Å². The second kappa shape index (κ2) is 6.11. The van der Waals surface area contributed by atoms with E-state index in [9.17, 15) is 0 Å². The van der Waals surface area contributed by atoms with Gasteiger partial charge in [-0.1, -0.05) is 0 Å². The molecule has 0 amide bonds. The van der Waals surface area contributed by atoms with Crippen LogP contribution in [0.5, 0.6) is 5.75 Å². The standard InChI is InChI=1S/C16H14N8O/c1-10-14(22-23-16-18-9-19-24(10)16)13-7-8-17-15(21-13)20-11-3-5-12(25-2)6-4-11/h3-9H,1-2H3,(H,17,20,21). The highest BCUT2D eigenvalue weighted by Gasteiger charge is 2.12. The Kier molecular flexibility index (Phi) is 3.65. The van der Waals surface area contributed by atoms with Gasteiger partial charge in [0.05, 0.1) is 18.5 Å². The second-order valence-corrected chi connectivity index (χ2v) is 5.22. The fourth-order valence-electron chi connectivity index (χ4n) is 2.40. The number of fused-ring (bicyclic) bond motifs is 1. The topological polar surface area (TPSA) is 103 Å². The van der Waals surface area contributed by atoms with Crippen molar-refractivity contribution in [2.75, 3.05) is 12.4 Å². The Bertz CT molecular complexity index is 1030. The maximum Gasteiger partial charge on any atom is 0.271 e. The van der Waals surface area contributed by atoms with Gasteiger partial charge in [-0.15, -0.1) is 10.2 Å². The molecule has 0 radical (unpaired) electrons. The van der Waals surface area contributed by atoms with E-state index in [0.29, 0.717) is 23.1 Å². The third-order valence-corrected chi connectivity index (χ3v) is 3.67. The number of hydrogen-bond donors (Lipinski definition) is 1. The molecular formula is C16H14N8O. The van der Waals surface area contributed by atoms with Crippen molar-refractivity contribution in [3.05, 3.63) is 48.5 Å². The Morgan fingerprint density at radius 3 is 2.68 bits per heavy atom. The largest absolute Gasteiger partial charge is 0.497 e. The second-order valence-electron chi connectivity index (χ2n) is 5.22. The van der Waals surface area contributed by atoms with Crippen LogP contribution in [0.4, 0.5) is 11.6 Å². The monoisotopic (exact) mass is 334 g/mol. The predicted octanol–water partition coefficient (Wildman–Crippen LogP) is 2.04. The minimum absolute atomic E-state index is 0.451. The number of aryl methyl sites for hydroxylation is 1. The summed E-state index contributed by atoms with van der Waals surface area (Å²) in [7, 11) is 1.63. The molecule has 0 atom stereocenters. The zero-order valence-corrected chi connectivity index (χ0v) is 13.6. The van der Waals surface area contributed by atoms with E-state index in [1.807, 2.05) is 31.2 Å². The molecule has 0 unspecified atom stereocenters. The van der Waals surface area contributed by atoms with E-state index in [2.05, 4.69) is 35.6 Å². The third-order valence-electron chi connectivity index (χ3n) is 3.67. The molecule has 3 aromatic heterocycles. The van der Waals surface area contributed by atoms with Crippen LogP contribution >= 0.6 is 0 Å². The van der Waals surface area contributed by atoms with Gasteiger partial charge in [0.25, 0.3) is 5.78 Å². The number of ether oxygens (including phenoxy) is 1. The molecule has 0 saturated heterocycles. The van der Waals surface area contributed by atoms with Crippen LogP contribution in [-0.4, -0.2) is 41.9 Å². The fourth-order valence-corrected chi connectivity index (χ4v) is 2.40. The average molecular weight is 334 g/mol. The van der Waals surface area contributed by atoms with E-state index >= 15 is 0 Å². The first kappa shape index (κ1) is 14.9. The Morgan fingerprint density at radius 2 is 1.88 bits per heavy atom. The number of benzene rings is 1. The molecule has 1 aromatic carbocycles. The minimum Gasteiger partial charge on any atom is -0.497 e. The SMILES string of the molecule is COc1ccc(Nc2nccc(-c3nnc4ncnn4c3C)n2)cc1. The molecule has 1 N–H and O–H groups in total. The highest BCUT2D eigenvalue weighted by Crippen LogP contribution is 2.21. The summed E-state index contributed by atoms with van der Waals surface area (Å²) in [6.45, 7) is 1.89. The summed E-state index contributed by atoms with van der Waals surface area (Å²) in [6.07, 6.45) is 3.11. The van der Waals surface area contributed by atoms with E-state index in [1.54, 1.807) is 23.9 Å². The van der Waals surface area contributed by atoms with Gasteiger partial charge in [0.2, 0.25) is 5.95 Å². The van der Waals surface area contributed by atoms with Gasteiger partial charge in [0.15, 0.2) is 0 Å². The summed E-state index contributed by atoms with van der Waals surface area (Å²) < 4.78 is 6.78. The van der Waals surface area contributed by atoms with Crippen molar-refractivity contribution < 1.29 is 4.74 Å². The summed E-state index contributed by atoms with van der Waals surface area (Å²) in [5, 5.41) is 15.6. The van der Waals surface area contributed by atoms with E-state index in [0.717, 1.165) is 17.1 Å². The summed E-state index contributed by atoms with van der Waals surface area (Å²) in [5.41, 5.74) is 2.93. The fraction of sp³-hybridized carbons (Fsp3) is 0.125. The molecule has 9 nitrogen and oxygen atoms in total. The molecule has 4 aromatic rings. The molecule has 0 aliphatic rings. The highest BCUT2D eigenvalue weighted by molar-refractivity contribution is 5.61. The average Bonchev–Trinajstić information content (AvgIpc) is 3.13. The van der Waals surface area contributed by atoms with Gasteiger partial charge < -0.3 is 10.1 Å². The zero-order valence-electron chi connectivity index (χ0n) is 13.6. The molecule has 0 aliphatic heterocycles. The molecular weight excluding hydrogens is 320 g/mol. The lowest BCUT2D eigenvalue weighted by Crippen LogP contribution is -2.05. The molecule has 0 bridgehead atoms. The summed E-state index contributed by atoms with van der Waals surface area (Å²) in [4.78, 5) is 12.8. The maximum absolute atomic E-state index is 5.15. The Morgan fingerprint density at radius 1 is 1.04 bits per heavy atom. The first-order valence-electron chi connectivity index (χ1n) is 7.52. The van der Waals surface area contributed by atoms with Crippen LogP contribution in [0.3, 0.4) is 0 Å². The molecule has 0 saturated carbocycles. The number of anilines is 2. The van der Waals surface area contributed by atoms with Gasteiger partial charge in [-0.25, -0.2) is 9.97 Å². The van der Waals surface area contributed by atoms with Gasteiger partial charge in [-0.2, -0.15) is 14.6 Å². The van der Waals surface area contributed by atoms with Crippen molar-refractivity contribution in [2.45, 2.75) is 6.92 Å². The number of aromatic nitrogens is 7. The molecule has 9 heteroatoms. The lowest BCUT2D eigenvalue weighted by atomic mass is 10.2. The van der Waals surface area contributed by atoms with Crippen LogP contribution in [0.2, 0.25) is 0 Å². The Balaban J connectivity index is 1.67. The molecule has 3 heterocycles. The van der Waals surface area contributed by atoms with Crippen LogP contribution in [-0.2, 0) is 0 Å². The molecule has 4 rings (SSSR count). The first-order chi connectivity index (χ1) is 12.2. The van der Waals surface area contributed by atoms with Crippen molar-refractivity contribution >= 4 is 17.4 Å². The Hall–Kier alpha value is -3.62. The van der Waals surface area contributed by atoms with Crippen LogP contribution < -0.4 is 10.1 Å². The van der Waals surface area contributed by atoms with Crippen molar-refractivity contribution in [3.8, 4) is 17.1 Å². The van der Waals surface area contributed by atoms with E-state index in [-0.39, 0.29) is 0 Å². The quantitative estimate of drug-likeness (QED) is 0.605. The lowest BCUT2D eigenvalue weighted by molar-refractivity contribution is 0.415. The van der Waals surface area contributed by atoms with Gasteiger partial charge in [0.1, 0.15) is 17.8 Å². The lowest BCUT2D eigenvalue weighted by Gasteiger charge is -2.08. The molecule has 25 heavy (non-hydrogen) atoms. The van der Waals surface area contributed by atoms with Crippen molar-refractivity contribution in [2.24, 2.45) is 0 Å². The van der Waals surface area contributed by atoms with E-state index in [4.69, 9.17) is 4.74 Å². The van der Waals surface area contributed by atoms with Crippen LogP contribution in [0.25, 0.3) is 17.2 Å². The van der Waals surface area contributed by atoms with Crippen LogP contribution in [0.1, 0.15) is 5.69 Å². The molecule has 0 aliphatic carbocycles. The minimum atomic E-state index is 0.451. The number of hydrogen-bond acceptors (Lipinski definition) is 8. The third kappa shape index (κ3) is 2.82. The molecule has 0 fully saturated rings. The summed E-state index contributed by atoms with van der Waals surface area (Å²) in [6, 6.07) is 9.28. The van der Waals surface area contributed by atoms with Gasteiger partial charge in [-0.05, 0) is 37.3 Å². The van der Waals surface area contributed by atoms with Gasteiger partial charge in [-0.3, -0.25) is 0 Å². The highest BCUT2D eigenvalue weighted by atomic mass is 16.5. The van der Waals surface area contributed by atoms with Gasteiger partial charge >= 0.3 is 0 Å². The normalized spacial score (nSPS) is 10.8. The Labute approximate surface area is 142 Å². The molecule has 0 spiro atoms. The first-order valence-corrected chi connectivity index (χ1v) is 7.52. The van der Waals surface area contributed by atoms with E-state index in [1.165, 1.54) is 6.33 Å². The summed E-state index contributed by atoms with van der Waals surface area (Å²) in [5.74, 6) is 1.70. The zero-order chi connectivity index (χ0) is 17.2.